The number of aliphatic carboxylic acids is 1. The molecule has 0 saturated heterocycles. The summed E-state index contributed by atoms with van der Waals surface area (Å²) in [5.74, 6) is -0.839. The molecule has 0 aromatic carbocycles. The molecule has 0 unspecified atom stereocenters. The van der Waals surface area contributed by atoms with Crippen molar-refractivity contribution >= 4 is 12.4 Å². The Morgan fingerprint density at radius 1 is 1.55 bits per heavy atom. The van der Waals surface area contributed by atoms with E-state index in [1.807, 2.05) is 0 Å². The number of carbonyl (C=O) groups is 2. The van der Waals surface area contributed by atoms with Crippen molar-refractivity contribution in [2.24, 2.45) is 0 Å². The molecule has 0 atom stereocenters. The highest BCUT2D eigenvalue weighted by molar-refractivity contribution is 5.66. The first-order valence-electron chi connectivity index (χ1n) is 3.25. The third-order valence-corrected chi connectivity index (χ3v) is 0.980. The van der Waals surface area contributed by atoms with E-state index in [9.17, 15) is 9.59 Å². The van der Waals surface area contributed by atoms with Gasteiger partial charge in [-0.25, -0.2) is 0 Å². The molecule has 0 heterocycles. The van der Waals surface area contributed by atoms with Crippen LogP contribution in [0.15, 0.2) is 0 Å². The van der Waals surface area contributed by atoms with Crippen LogP contribution < -0.4 is 5.32 Å². The lowest BCUT2D eigenvalue weighted by atomic mass is 10.4. The Hall–Kier alpha value is -1.10. The molecule has 0 amide bonds. The molecule has 0 radical (unpaired) electrons. The summed E-state index contributed by atoms with van der Waals surface area (Å²) in [6.07, 6.45) is 0.0844. The fraction of sp³-hybridized carbons (Fsp3) is 0.667. The van der Waals surface area contributed by atoms with Crippen LogP contribution in [0.4, 0.5) is 0 Å². The third kappa shape index (κ3) is 8.90. The van der Waals surface area contributed by atoms with Crippen molar-refractivity contribution in [2.45, 2.75) is 6.42 Å². The van der Waals surface area contributed by atoms with E-state index in [2.05, 4.69) is 10.1 Å². The monoisotopic (exact) mass is 161 g/mol. The van der Waals surface area contributed by atoms with Gasteiger partial charge >= 0.3 is 5.97 Å². The summed E-state index contributed by atoms with van der Waals surface area (Å²) in [7, 11) is 0. The first-order valence-corrected chi connectivity index (χ1v) is 3.25. The van der Waals surface area contributed by atoms with Crippen LogP contribution in [0.3, 0.4) is 0 Å². The number of hydrogen-bond acceptors (Lipinski definition) is 4. The smallest absolute Gasteiger partial charge is 0.304 e. The molecule has 0 aliphatic heterocycles. The highest BCUT2D eigenvalue weighted by Crippen LogP contribution is 1.74. The molecule has 0 aliphatic rings. The van der Waals surface area contributed by atoms with Gasteiger partial charge in [0, 0.05) is 13.1 Å². The fourth-order valence-corrected chi connectivity index (χ4v) is 0.500. The minimum Gasteiger partial charge on any atom is -0.481 e. The molecule has 0 aliphatic carbocycles. The molecule has 0 bridgehead atoms. The number of carboxylic acid groups (broad SMARTS) is 1. The van der Waals surface area contributed by atoms with Crippen molar-refractivity contribution in [1.29, 1.82) is 0 Å². The zero-order chi connectivity index (χ0) is 8.53. The summed E-state index contributed by atoms with van der Waals surface area (Å²) >= 11 is 0. The van der Waals surface area contributed by atoms with E-state index in [0.717, 1.165) is 0 Å². The molecule has 11 heavy (non-hydrogen) atoms. The lowest BCUT2D eigenvalue weighted by Crippen LogP contribution is -2.22. The van der Waals surface area contributed by atoms with Crippen molar-refractivity contribution in [3.05, 3.63) is 0 Å². The van der Waals surface area contributed by atoms with Crippen LogP contribution in [-0.2, 0) is 14.3 Å². The third-order valence-electron chi connectivity index (χ3n) is 0.980. The maximum atomic E-state index is 9.96. The molecule has 64 valence electrons. The summed E-state index contributed by atoms with van der Waals surface area (Å²) < 4.78 is 4.35. The van der Waals surface area contributed by atoms with Crippen LogP contribution in [0.2, 0.25) is 0 Å². The molecule has 2 N–H and O–H groups in total. The van der Waals surface area contributed by atoms with E-state index in [4.69, 9.17) is 5.11 Å². The summed E-state index contributed by atoms with van der Waals surface area (Å²) in [5, 5.41) is 11.0. The molecule has 0 saturated carbocycles. The molecule has 0 spiro atoms. The highest BCUT2D eigenvalue weighted by atomic mass is 16.5. The van der Waals surface area contributed by atoms with E-state index >= 15 is 0 Å². The first-order chi connectivity index (χ1) is 5.27. The summed E-state index contributed by atoms with van der Waals surface area (Å²) in [6, 6.07) is 0. The molecule has 0 aromatic heterocycles. The van der Waals surface area contributed by atoms with Gasteiger partial charge < -0.3 is 15.2 Å². The molecular weight excluding hydrogens is 150 g/mol. The minimum absolute atomic E-state index is 0.0844. The van der Waals surface area contributed by atoms with Crippen molar-refractivity contribution in [2.75, 3.05) is 19.7 Å². The van der Waals surface area contributed by atoms with Crippen LogP contribution in [0.25, 0.3) is 0 Å². The molecule has 0 fully saturated rings. The second kappa shape index (κ2) is 7.01. The fourth-order valence-electron chi connectivity index (χ4n) is 0.500. The quantitative estimate of drug-likeness (QED) is 0.378. The van der Waals surface area contributed by atoms with E-state index in [0.29, 0.717) is 19.6 Å². The topological polar surface area (TPSA) is 75.6 Å². The van der Waals surface area contributed by atoms with Crippen molar-refractivity contribution in [1.82, 2.24) is 5.32 Å². The Bertz CT molecular complexity index is 126. The van der Waals surface area contributed by atoms with Gasteiger partial charge in [-0.1, -0.05) is 0 Å². The van der Waals surface area contributed by atoms with Crippen molar-refractivity contribution in [3.63, 3.8) is 0 Å². The predicted octanol–water partition coefficient (Wildman–Crippen LogP) is -0.776. The van der Waals surface area contributed by atoms with E-state index < -0.39 is 5.97 Å². The average molecular weight is 161 g/mol. The van der Waals surface area contributed by atoms with Crippen LogP contribution in [0.5, 0.6) is 0 Å². The van der Waals surface area contributed by atoms with E-state index in [-0.39, 0.29) is 13.0 Å². The van der Waals surface area contributed by atoms with E-state index in [1.165, 1.54) is 0 Å². The molecule has 0 aromatic rings. The summed E-state index contributed by atoms with van der Waals surface area (Å²) in [4.78, 5) is 19.6. The zero-order valence-electron chi connectivity index (χ0n) is 6.08. The SMILES string of the molecule is O=COCCNCCC(=O)O. The molecule has 5 nitrogen and oxygen atoms in total. The maximum absolute atomic E-state index is 9.96. The van der Waals surface area contributed by atoms with Gasteiger partial charge in [-0.3, -0.25) is 9.59 Å². The van der Waals surface area contributed by atoms with Gasteiger partial charge in [-0.2, -0.15) is 0 Å². The van der Waals surface area contributed by atoms with Crippen LogP contribution in [0.1, 0.15) is 6.42 Å². The van der Waals surface area contributed by atoms with Gasteiger partial charge in [-0.15, -0.1) is 0 Å². The number of rotatable bonds is 7. The van der Waals surface area contributed by atoms with Gasteiger partial charge in [0.1, 0.15) is 6.61 Å². The normalized spacial score (nSPS) is 9.09. The Labute approximate surface area is 64.3 Å². The number of nitrogens with one attached hydrogen (secondary N) is 1. The van der Waals surface area contributed by atoms with Crippen LogP contribution in [0, 0.1) is 0 Å². The largest absolute Gasteiger partial charge is 0.481 e. The maximum Gasteiger partial charge on any atom is 0.304 e. The Balaban J connectivity index is 2.90. The lowest BCUT2D eigenvalue weighted by Gasteiger charge is -2.00. The van der Waals surface area contributed by atoms with Crippen molar-refractivity contribution < 1.29 is 19.4 Å². The predicted molar refractivity (Wildman–Crippen MR) is 37.1 cm³/mol. The number of ether oxygens (including phenoxy) is 1. The average Bonchev–Trinajstić information content (AvgIpc) is 1.96. The van der Waals surface area contributed by atoms with Gasteiger partial charge in [0.05, 0.1) is 6.42 Å². The second-order valence-electron chi connectivity index (χ2n) is 1.86. The second-order valence-corrected chi connectivity index (χ2v) is 1.86. The highest BCUT2D eigenvalue weighted by Gasteiger charge is 1.94. The Morgan fingerprint density at radius 3 is 2.82 bits per heavy atom. The van der Waals surface area contributed by atoms with Crippen LogP contribution in [-0.4, -0.2) is 37.2 Å². The van der Waals surface area contributed by atoms with Crippen molar-refractivity contribution in [3.8, 4) is 0 Å². The van der Waals surface area contributed by atoms with E-state index in [1.54, 1.807) is 0 Å². The Morgan fingerprint density at radius 2 is 2.27 bits per heavy atom. The van der Waals surface area contributed by atoms with Gasteiger partial charge in [0.2, 0.25) is 0 Å². The number of carboxylic acids is 1. The summed E-state index contributed by atoms with van der Waals surface area (Å²) in [5.41, 5.74) is 0. The summed E-state index contributed by atoms with van der Waals surface area (Å²) in [6.45, 7) is 1.53. The molecule has 5 heteroatoms. The zero-order valence-corrected chi connectivity index (χ0v) is 6.08. The Kier molecular flexibility index (Phi) is 6.31. The number of carbonyl (C=O) groups excluding carboxylic acids is 1. The van der Waals surface area contributed by atoms with Gasteiger partial charge in [0.15, 0.2) is 0 Å². The minimum atomic E-state index is -0.839. The van der Waals surface area contributed by atoms with Gasteiger partial charge in [-0.05, 0) is 0 Å². The standard InChI is InChI=1S/C6H11NO4/c8-5-11-4-3-7-2-1-6(9)10/h5,7H,1-4H2,(H,9,10). The lowest BCUT2D eigenvalue weighted by molar-refractivity contribution is -0.137. The number of hydrogen-bond donors (Lipinski definition) is 2. The van der Waals surface area contributed by atoms with Crippen LogP contribution >= 0.6 is 0 Å². The molecular formula is C6H11NO4. The molecule has 0 rings (SSSR count). The van der Waals surface area contributed by atoms with Gasteiger partial charge in [0.25, 0.3) is 6.47 Å². The first kappa shape index (κ1) is 9.90.